The lowest BCUT2D eigenvalue weighted by molar-refractivity contribution is -0.137. The van der Waals surface area contributed by atoms with Gasteiger partial charge in [0, 0.05) is 36.5 Å². The van der Waals surface area contributed by atoms with Crippen molar-refractivity contribution in [3.05, 3.63) is 59.4 Å². The average Bonchev–Trinajstić information content (AvgIpc) is 2.99. The lowest BCUT2D eigenvalue weighted by Crippen LogP contribution is -2.22. The number of hydrogen-bond donors (Lipinski definition) is 1. The predicted molar refractivity (Wildman–Crippen MR) is 95.8 cm³/mol. The minimum absolute atomic E-state index is 0. The maximum absolute atomic E-state index is 12.9. The van der Waals surface area contributed by atoms with Gasteiger partial charge in [0.2, 0.25) is 9.84 Å². The number of rotatable bonds is 2. The fourth-order valence-electron chi connectivity index (χ4n) is 3.13. The maximum Gasteiger partial charge on any atom is 0.416 e. The van der Waals surface area contributed by atoms with Crippen molar-refractivity contribution in [1.29, 1.82) is 0 Å². The van der Waals surface area contributed by atoms with Gasteiger partial charge in [-0.2, -0.15) is 13.2 Å². The topological polar surface area (TPSA) is 59.3 Å². The number of sulfone groups is 1. The van der Waals surface area contributed by atoms with Gasteiger partial charge in [-0.1, -0.05) is 6.07 Å². The van der Waals surface area contributed by atoms with Gasteiger partial charge < -0.3 is 9.73 Å². The molecule has 1 aliphatic heterocycles. The Bertz CT molecular complexity index is 1110. The number of halogens is 4. The molecule has 0 spiro atoms. The van der Waals surface area contributed by atoms with Crippen LogP contribution in [0.1, 0.15) is 16.9 Å². The van der Waals surface area contributed by atoms with E-state index in [0.29, 0.717) is 24.6 Å². The van der Waals surface area contributed by atoms with E-state index < -0.39 is 26.5 Å². The van der Waals surface area contributed by atoms with Crippen molar-refractivity contribution in [2.45, 2.75) is 28.9 Å². The van der Waals surface area contributed by atoms with E-state index in [1.807, 2.05) is 0 Å². The highest BCUT2D eigenvalue weighted by atomic mass is 35.5. The van der Waals surface area contributed by atoms with Crippen LogP contribution in [0, 0.1) is 0 Å². The molecule has 0 aliphatic carbocycles. The zero-order valence-corrected chi connectivity index (χ0v) is 15.5. The lowest BCUT2D eigenvalue weighted by Gasteiger charge is -2.10. The third-order valence-electron chi connectivity index (χ3n) is 4.46. The van der Waals surface area contributed by atoms with Crippen LogP contribution in [0.25, 0.3) is 11.0 Å². The molecule has 0 saturated carbocycles. The van der Waals surface area contributed by atoms with E-state index in [1.54, 1.807) is 6.07 Å². The van der Waals surface area contributed by atoms with Crippen LogP contribution in [0.2, 0.25) is 0 Å². The Morgan fingerprint density at radius 3 is 2.52 bits per heavy atom. The standard InChI is InChI=1S/C18H14F3NO3S.ClH/c19-18(20,21)11-2-1-3-12(8-11)26(23,24)13-4-5-14-15-10-22-7-6-16(15)25-17(14)9-13;/h1-5,8-9,22H,6-7,10H2;1H. The van der Waals surface area contributed by atoms with Crippen LogP contribution in [0.15, 0.2) is 56.7 Å². The number of nitrogens with one attached hydrogen (secondary N) is 1. The van der Waals surface area contributed by atoms with E-state index >= 15 is 0 Å². The van der Waals surface area contributed by atoms with Crippen molar-refractivity contribution in [3.8, 4) is 0 Å². The van der Waals surface area contributed by atoms with Crippen molar-refractivity contribution < 1.29 is 26.0 Å². The van der Waals surface area contributed by atoms with Crippen molar-refractivity contribution in [1.82, 2.24) is 5.32 Å². The largest absolute Gasteiger partial charge is 0.461 e. The van der Waals surface area contributed by atoms with E-state index in [9.17, 15) is 21.6 Å². The van der Waals surface area contributed by atoms with E-state index in [-0.39, 0.29) is 17.3 Å². The van der Waals surface area contributed by atoms with Gasteiger partial charge in [0.25, 0.3) is 0 Å². The average molecular weight is 418 g/mol. The van der Waals surface area contributed by atoms with Gasteiger partial charge >= 0.3 is 6.18 Å². The van der Waals surface area contributed by atoms with Gasteiger partial charge in [-0.3, -0.25) is 0 Å². The van der Waals surface area contributed by atoms with Crippen LogP contribution in [0.5, 0.6) is 0 Å². The molecule has 0 fully saturated rings. The van der Waals surface area contributed by atoms with E-state index in [2.05, 4.69) is 5.32 Å². The van der Waals surface area contributed by atoms with Crippen LogP contribution < -0.4 is 5.32 Å². The third-order valence-corrected chi connectivity index (χ3v) is 6.21. The minimum Gasteiger partial charge on any atom is -0.461 e. The summed E-state index contributed by atoms with van der Waals surface area (Å²) in [5.41, 5.74) is 0.417. The molecule has 0 unspecified atom stereocenters. The van der Waals surface area contributed by atoms with Crippen LogP contribution in [0.4, 0.5) is 13.2 Å². The molecule has 4 rings (SSSR count). The molecule has 1 N–H and O–H groups in total. The van der Waals surface area contributed by atoms with Gasteiger partial charge in [0.05, 0.1) is 15.4 Å². The molecular weight excluding hydrogens is 403 g/mol. The molecule has 0 atom stereocenters. The van der Waals surface area contributed by atoms with Crippen LogP contribution in [-0.4, -0.2) is 15.0 Å². The molecule has 0 radical (unpaired) electrons. The van der Waals surface area contributed by atoms with Gasteiger partial charge in [-0.05, 0) is 30.3 Å². The molecule has 4 nitrogen and oxygen atoms in total. The van der Waals surface area contributed by atoms with E-state index in [1.165, 1.54) is 12.1 Å². The lowest BCUT2D eigenvalue weighted by atomic mass is 10.1. The fourth-order valence-corrected chi connectivity index (χ4v) is 4.46. The smallest absolute Gasteiger partial charge is 0.416 e. The highest BCUT2D eigenvalue weighted by molar-refractivity contribution is 7.91. The molecule has 27 heavy (non-hydrogen) atoms. The Labute approximate surface area is 159 Å². The summed E-state index contributed by atoms with van der Waals surface area (Å²) in [6.45, 7) is 1.42. The second kappa shape index (κ2) is 6.85. The monoisotopic (exact) mass is 417 g/mol. The molecule has 3 aromatic rings. The summed E-state index contributed by atoms with van der Waals surface area (Å²) in [7, 11) is -4.09. The summed E-state index contributed by atoms with van der Waals surface area (Å²) in [6, 6.07) is 8.17. The van der Waals surface area contributed by atoms with Crippen LogP contribution in [-0.2, 0) is 29.0 Å². The molecule has 9 heteroatoms. The fraction of sp³-hybridized carbons (Fsp3) is 0.222. The Hall–Kier alpha value is -2.03. The van der Waals surface area contributed by atoms with Crippen molar-refractivity contribution >= 4 is 33.2 Å². The summed E-state index contributed by atoms with van der Waals surface area (Å²) in [5, 5.41) is 4.04. The molecular formula is C18H15ClF3NO3S. The van der Waals surface area contributed by atoms with Gasteiger partial charge in [0.15, 0.2) is 0 Å². The highest BCUT2D eigenvalue weighted by Gasteiger charge is 2.32. The molecule has 2 aromatic carbocycles. The zero-order valence-electron chi connectivity index (χ0n) is 13.8. The SMILES string of the molecule is Cl.O=S(=O)(c1cccc(C(F)(F)F)c1)c1ccc2c3c(oc2c1)CCNC3. The highest BCUT2D eigenvalue weighted by Crippen LogP contribution is 2.34. The Morgan fingerprint density at radius 2 is 1.78 bits per heavy atom. The van der Waals surface area contributed by atoms with E-state index in [0.717, 1.165) is 41.5 Å². The number of fused-ring (bicyclic) bond motifs is 3. The van der Waals surface area contributed by atoms with Gasteiger partial charge in [0.1, 0.15) is 11.3 Å². The van der Waals surface area contributed by atoms with Gasteiger partial charge in [-0.25, -0.2) is 8.42 Å². The molecule has 144 valence electrons. The summed E-state index contributed by atoms with van der Waals surface area (Å²) >= 11 is 0. The summed E-state index contributed by atoms with van der Waals surface area (Å²) < 4.78 is 70.0. The molecule has 1 aliphatic rings. The number of benzene rings is 2. The third kappa shape index (κ3) is 3.44. The minimum atomic E-state index is -4.61. The first kappa shape index (κ1) is 19.7. The number of furan rings is 1. The molecule has 0 saturated heterocycles. The van der Waals surface area contributed by atoms with Gasteiger partial charge in [-0.15, -0.1) is 12.4 Å². The van der Waals surface area contributed by atoms with E-state index in [4.69, 9.17) is 4.42 Å². The second-order valence-electron chi connectivity index (χ2n) is 6.12. The molecule has 0 amide bonds. The zero-order chi connectivity index (χ0) is 18.5. The summed E-state index contributed by atoms with van der Waals surface area (Å²) in [4.78, 5) is -0.493. The predicted octanol–water partition coefficient (Wildman–Crippen LogP) is 4.35. The molecule has 1 aromatic heterocycles. The number of hydrogen-bond acceptors (Lipinski definition) is 4. The number of alkyl halides is 3. The van der Waals surface area contributed by atoms with Crippen molar-refractivity contribution in [2.75, 3.05) is 6.54 Å². The normalized spacial score (nSPS) is 14.6. The van der Waals surface area contributed by atoms with Crippen LogP contribution >= 0.6 is 12.4 Å². The summed E-state index contributed by atoms with van der Waals surface area (Å²) in [6.07, 6.45) is -3.90. The Morgan fingerprint density at radius 1 is 1.04 bits per heavy atom. The first-order chi connectivity index (χ1) is 12.3. The van der Waals surface area contributed by atoms with Crippen molar-refractivity contribution in [2.24, 2.45) is 0 Å². The first-order valence-electron chi connectivity index (χ1n) is 7.94. The molecule has 2 heterocycles. The first-order valence-corrected chi connectivity index (χ1v) is 9.42. The maximum atomic E-state index is 12.9. The van der Waals surface area contributed by atoms with Crippen molar-refractivity contribution in [3.63, 3.8) is 0 Å². The Balaban J connectivity index is 0.00000210. The van der Waals surface area contributed by atoms with Crippen LogP contribution in [0.3, 0.4) is 0 Å². The quantitative estimate of drug-likeness (QED) is 0.673. The Kier molecular flexibility index (Phi) is 5.00. The summed E-state index contributed by atoms with van der Waals surface area (Å²) in [5.74, 6) is 0.812. The second-order valence-corrected chi connectivity index (χ2v) is 8.07. The molecule has 0 bridgehead atoms.